The molecule has 4 nitrogen and oxygen atoms in total. The van der Waals surface area contributed by atoms with Crippen molar-refractivity contribution in [1.29, 1.82) is 5.26 Å². The first kappa shape index (κ1) is 12.7. The van der Waals surface area contributed by atoms with Crippen LogP contribution in [0.3, 0.4) is 0 Å². The third kappa shape index (κ3) is 3.95. The lowest BCUT2D eigenvalue weighted by Crippen LogP contribution is -2.06. The van der Waals surface area contributed by atoms with Crippen LogP contribution in [0.5, 0.6) is 0 Å². The third-order valence-corrected chi connectivity index (χ3v) is 2.03. The number of nitrogens with one attached hydrogen (secondary N) is 1. The van der Waals surface area contributed by atoms with E-state index in [1.807, 2.05) is 6.07 Å². The van der Waals surface area contributed by atoms with E-state index in [1.54, 1.807) is 6.92 Å². The summed E-state index contributed by atoms with van der Waals surface area (Å²) in [6.07, 6.45) is 1.05. The molecule has 0 saturated carbocycles. The lowest BCUT2D eigenvalue weighted by molar-refractivity contribution is -0.131. The Kier molecular flexibility index (Phi) is 4.23. The highest BCUT2D eigenvalue weighted by atomic mass is 19.1. The van der Waals surface area contributed by atoms with Crippen molar-refractivity contribution in [3.05, 3.63) is 41.2 Å². The third-order valence-electron chi connectivity index (χ3n) is 2.03. The summed E-state index contributed by atoms with van der Waals surface area (Å²) in [4.78, 5) is 10.4. The van der Waals surface area contributed by atoms with E-state index in [0.29, 0.717) is 5.57 Å². The van der Waals surface area contributed by atoms with E-state index in [1.165, 1.54) is 12.1 Å². The molecule has 0 bridgehead atoms. The van der Waals surface area contributed by atoms with E-state index in [2.05, 4.69) is 5.32 Å². The highest BCUT2D eigenvalue weighted by molar-refractivity contribution is 5.80. The molecule has 0 aromatic heterocycles. The van der Waals surface area contributed by atoms with Gasteiger partial charge in [-0.05, 0) is 30.7 Å². The zero-order chi connectivity index (χ0) is 12.8. The number of halogens is 1. The number of rotatable bonds is 4. The summed E-state index contributed by atoms with van der Waals surface area (Å²) >= 11 is 0. The average molecular weight is 234 g/mol. The van der Waals surface area contributed by atoms with Crippen LogP contribution in [-0.4, -0.2) is 17.6 Å². The van der Waals surface area contributed by atoms with Crippen LogP contribution in [0.25, 0.3) is 0 Å². The summed E-state index contributed by atoms with van der Waals surface area (Å²) in [6, 6.07) is 5.89. The van der Waals surface area contributed by atoms with Crippen molar-refractivity contribution in [2.24, 2.45) is 0 Å². The number of anilines is 1. The van der Waals surface area contributed by atoms with Crippen LogP contribution >= 0.6 is 0 Å². The van der Waals surface area contributed by atoms with Crippen molar-refractivity contribution in [3.8, 4) is 6.07 Å². The standard InChI is InChI=1S/C12H11FN2O2/c1-8(4-12(16)17)7-15-11-3-2-9(6-14)5-10(11)13/h2-5,15H,7H2,1H3,(H,16,17)/b8-4-. The Morgan fingerprint density at radius 3 is 2.88 bits per heavy atom. The molecule has 0 atom stereocenters. The Bertz CT molecular complexity index is 504. The van der Waals surface area contributed by atoms with Crippen LogP contribution in [0.1, 0.15) is 12.5 Å². The highest BCUT2D eigenvalue weighted by Crippen LogP contribution is 2.15. The van der Waals surface area contributed by atoms with Gasteiger partial charge in [0.05, 0.1) is 17.3 Å². The van der Waals surface area contributed by atoms with Gasteiger partial charge in [0.15, 0.2) is 0 Å². The summed E-state index contributed by atoms with van der Waals surface area (Å²) < 4.78 is 13.4. The number of carboxylic acids is 1. The molecule has 88 valence electrons. The molecular weight excluding hydrogens is 223 g/mol. The number of carbonyl (C=O) groups is 1. The molecule has 0 radical (unpaired) electrons. The van der Waals surface area contributed by atoms with Gasteiger partial charge in [0, 0.05) is 12.6 Å². The fourth-order valence-electron chi connectivity index (χ4n) is 1.22. The Hall–Kier alpha value is -2.35. The minimum Gasteiger partial charge on any atom is -0.478 e. The summed E-state index contributed by atoms with van der Waals surface area (Å²) in [5.74, 6) is -1.57. The molecule has 1 rings (SSSR count). The normalized spacial score (nSPS) is 10.8. The number of nitrogens with zero attached hydrogens (tertiary/aromatic N) is 1. The smallest absolute Gasteiger partial charge is 0.328 e. The molecule has 5 heteroatoms. The first-order chi connectivity index (χ1) is 8.02. The SMILES string of the molecule is C/C(=C/C(=O)O)CNc1ccc(C#N)cc1F. The van der Waals surface area contributed by atoms with Crippen molar-refractivity contribution >= 4 is 11.7 Å². The summed E-state index contributed by atoms with van der Waals surface area (Å²) in [5, 5.41) is 19.8. The number of carboxylic acid groups (broad SMARTS) is 1. The summed E-state index contributed by atoms with van der Waals surface area (Å²) in [5.41, 5.74) is 1.05. The van der Waals surface area contributed by atoms with Gasteiger partial charge in [0.25, 0.3) is 0 Å². The summed E-state index contributed by atoms with van der Waals surface area (Å²) in [6.45, 7) is 1.86. The Morgan fingerprint density at radius 2 is 2.35 bits per heavy atom. The predicted molar refractivity (Wildman–Crippen MR) is 61.0 cm³/mol. The minimum absolute atomic E-state index is 0.231. The number of nitriles is 1. The monoisotopic (exact) mass is 234 g/mol. The van der Waals surface area contributed by atoms with Crippen molar-refractivity contribution in [1.82, 2.24) is 0 Å². The van der Waals surface area contributed by atoms with Gasteiger partial charge in [0.2, 0.25) is 0 Å². The molecule has 0 aliphatic rings. The van der Waals surface area contributed by atoms with Gasteiger partial charge in [-0.3, -0.25) is 0 Å². The van der Waals surface area contributed by atoms with Gasteiger partial charge < -0.3 is 10.4 Å². The van der Waals surface area contributed by atoms with Crippen LogP contribution in [0.4, 0.5) is 10.1 Å². The predicted octanol–water partition coefficient (Wildman–Crippen LogP) is 2.14. The maximum absolute atomic E-state index is 13.4. The average Bonchev–Trinajstić information content (AvgIpc) is 2.26. The second kappa shape index (κ2) is 5.66. The lowest BCUT2D eigenvalue weighted by atomic mass is 10.2. The molecule has 0 aliphatic heterocycles. The molecule has 2 N–H and O–H groups in total. The second-order valence-corrected chi connectivity index (χ2v) is 3.49. The van der Waals surface area contributed by atoms with Crippen LogP contribution in [-0.2, 0) is 4.79 Å². The highest BCUT2D eigenvalue weighted by Gasteiger charge is 2.03. The molecule has 1 aromatic rings. The van der Waals surface area contributed by atoms with Crippen molar-refractivity contribution in [2.45, 2.75) is 6.92 Å². The first-order valence-corrected chi connectivity index (χ1v) is 4.86. The van der Waals surface area contributed by atoms with Gasteiger partial charge in [-0.15, -0.1) is 0 Å². The molecule has 0 aliphatic carbocycles. The second-order valence-electron chi connectivity index (χ2n) is 3.49. The zero-order valence-electron chi connectivity index (χ0n) is 9.20. The number of aliphatic carboxylic acids is 1. The van der Waals surface area contributed by atoms with Gasteiger partial charge in [0.1, 0.15) is 5.82 Å². The maximum atomic E-state index is 13.4. The molecule has 0 fully saturated rings. The Morgan fingerprint density at radius 1 is 1.65 bits per heavy atom. The molecule has 1 aromatic carbocycles. The molecule has 17 heavy (non-hydrogen) atoms. The fraction of sp³-hybridized carbons (Fsp3) is 0.167. The van der Waals surface area contributed by atoms with Gasteiger partial charge in [-0.25, -0.2) is 9.18 Å². The number of benzene rings is 1. The molecule has 0 unspecified atom stereocenters. The van der Waals surface area contributed by atoms with E-state index < -0.39 is 11.8 Å². The van der Waals surface area contributed by atoms with E-state index in [4.69, 9.17) is 10.4 Å². The van der Waals surface area contributed by atoms with E-state index in [9.17, 15) is 9.18 Å². The van der Waals surface area contributed by atoms with E-state index >= 15 is 0 Å². The minimum atomic E-state index is -1.04. The van der Waals surface area contributed by atoms with Crippen molar-refractivity contribution in [2.75, 3.05) is 11.9 Å². The quantitative estimate of drug-likeness (QED) is 0.783. The number of hydrogen-bond donors (Lipinski definition) is 2. The Balaban J connectivity index is 2.71. The molecular formula is C12H11FN2O2. The van der Waals surface area contributed by atoms with Gasteiger partial charge in [-0.1, -0.05) is 0 Å². The topological polar surface area (TPSA) is 73.1 Å². The van der Waals surface area contributed by atoms with Gasteiger partial charge >= 0.3 is 5.97 Å². The van der Waals surface area contributed by atoms with Crippen LogP contribution in [0.15, 0.2) is 29.8 Å². The van der Waals surface area contributed by atoms with E-state index in [0.717, 1.165) is 12.1 Å². The van der Waals surface area contributed by atoms with Crippen LogP contribution in [0.2, 0.25) is 0 Å². The van der Waals surface area contributed by atoms with Crippen molar-refractivity contribution < 1.29 is 14.3 Å². The largest absolute Gasteiger partial charge is 0.478 e. The molecule has 0 heterocycles. The maximum Gasteiger partial charge on any atom is 0.328 e. The number of hydrogen-bond acceptors (Lipinski definition) is 3. The van der Waals surface area contributed by atoms with Crippen LogP contribution < -0.4 is 5.32 Å². The lowest BCUT2D eigenvalue weighted by Gasteiger charge is -2.07. The molecule has 0 spiro atoms. The van der Waals surface area contributed by atoms with Gasteiger partial charge in [-0.2, -0.15) is 5.26 Å². The van der Waals surface area contributed by atoms with Crippen molar-refractivity contribution in [3.63, 3.8) is 0 Å². The molecule has 0 saturated heterocycles. The van der Waals surface area contributed by atoms with E-state index in [-0.39, 0.29) is 17.8 Å². The summed E-state index contributed by atoms with van der Waals surface area (Å²) in [7, 11) is 0. The van der Waals surface area contributed by atoms with Crippen LogP contribution in [0, 0.1) is 17.1 Å². The molecule has 0 amide bonds. The first-order valence-electron chi connectivity index (χ1n) is 4.86. The zero-order valence-corrected chi connectivity index (χ0v) is 9.20. The fourth-order valence-corrected chi connectivity index (χ4v) is 1.22. The Labute approximate surface area is 98.0 Å².